The van der Waals surface area contributed by atoms with Crippen LogP contribution in [0.25, 0.3) is 12.2 Å². The molecule has 0 atom stereocenters. The molecular formula is C17H16ClN3O6. The Morgan fingerprint density at radius 3 is 2.74 bits per heavy atom. The van der Waals surface area contributed by atoms with E-state index in [0.717, 1.165) is 0 Å². The van der Waals surface area contributed by atoms with Crippen LogP contribution in [0.3, 0.4) is 0 Å². The van der Waals surface area contributed by atoms with E-state index in [-0.39, 0.29) is 12.4 Å². The first-order valence-corrected chi connectivity index (χ1v) is 8.11. The second-order valence-electron chi connectivity index (χ2n) is 5.08. The van der Waals surface area contributed by atoms with Gasteiger partial charge in [0.15, 0.2) is 11.5 Å². The summed E-state index contributed by atoms with van der Waals surface area (Å²) in [5.74, 6) is -0.247. The third-order valence-electron chi connectivity index (χ3n) is 3.19. The number of aromatic hydroxyl groups is 1. The van der Waals surface area contributed by atoms with Crippen LogP contribution in [0.5, 0.6) is 17.4 Å². The highest BCUT2D eigenvalue weighted by molar-refractivity contribution is 6.32. The lowest BCUT2D eigenvalue weighted by atomic mass is 10.2. The van der Waals surface area contributed by atoms with Crippen molar-refractivity contribution in [2.75, 3.05) is 13.2 Å². The van der Waals surface area contributed by atoms with Gasteiger partial charge in [-0.1, -0.05) is 30.3 Å². The van der Waals surface area contributed by atoms with E-state index >= 15 is 0 Å². The maximum atomic E-state index is 11.7. The first-order valence-electron chi connectivity index (χ1n) is 7.73. The summed E-state index contributed by atoms with van der Waals surface area (Å²) in [6.07, 6.45) is 4.47. The van der Waals surface area contributed by atoms with Crippen LogP contribution in [0.15, 0.2) is 29.6 Å². The molecule has 27 heavy (non-hydrogen) atoms. The molecule has 10 heteroatoms. The maximum absolute atomic E-state index is 11.7. The molecule has 1 aromatic carbocycles. The normalized spacial score (nSPS) is 10.7. The summed E-state index contributed by atoms with van der Waals surface area (Å²) in [4.78, 5) is 27.1. The fraction of sp³-hybridized carbons (Fsp3) is 0.176. The number of aromatic amines is 1. The van der Waals surface area contributed by atoms with Gasteiger partial charge in [0.1, 0.15) is 12.4 Å². The lowest BCUT2D eigenvalue weighted by Crippen LogP contribution is -2.14. The third kappa shape index (κ3) is 4.85. The van der Waals surface area contributed by atoms with Crippen molar-refractivity contribution in [3.63, 3.8) is 0 Å². The van der Waals surface area contributed by atoms with Crippen molar-refractivity contribution in [3.8, 4) is 17.4 Å². The number of H-pyrrole nitrogens is 1. The van der Waals surface area contributed by atoms with Gasteiger partial charge in [0.05, 0.1) is 16.6 Å². The highest BCUT2D eigenvalue weighted by Gasteiger charge is 2.21. The van der Waals surface area contributed by atoms with E-state index in [1.165, 1.54) is 12.2 Å². The van der Waals surface area contributed by atoms with E-state index in [2.05, 4.69) is 16.5 Å². The van der Waals surface area contributed by atoms with Gasteiger partial charge in [-0.25, -0.2) is 0 Å². The molecule has 0 fully saturated rings. The zero-order valence-corrected chi connectivity index (χ0v) is 15.0. The average molecular weight is 394 g/mol. The summed E-state index contributed by atoms with van der Waals surface area (Å²) < 4.78 is 11.0. The fourth-order valence-corrected chi connectivity index (χ4v) is 2.39. The molecule has 1 heterocycles. The smallest absolute Gasteiger partial charge is 0.395 e. The van der Waals surface area contributed by atoms with Crippen molar-refractivity contribution in [1.29, 1.82) is 0 Å². The monoisotopic (exact) mass is 393 g/mol. The molecule has 0 aliphatic heterocycles. The van der Waals surface area contributed by atoms with E-state index in [9.17, 15) is 20.0 Å². The topological polar surface area (TPSA) is 128 Å². The molecule has 0 spiro atoms. The molecule has 2 aromatic rings. The SMILES string of the molecule is C=CCOc1c(Cl)cc(/C=C\c2nc(O)c([N+](=O)[O-])c(=O)[nH]2)cc1OCC. The molecule has 2 N–H and O–H groups in total. The second kappa shape index (κ2) is 8.86. The minimum Gasteiger partial charge on any atom is -0.490 e. The molecule has 0 unspecified atom stereocenters. The van der Waals surface area contributed by atoms with Crippen molar-refractivity contribution in [1.82, 2.24) is 9.97 Å². The molecule has 142 valence electrons. The van der Waals surface area contributed by atoms with Gasteiger partial charge >= 0.3 is 11.2 Å². The molecule has 9 nitrogen and oxygen atoms in total. The van der Waals surface area contributed by atoms with Crippen molar-refractivity contribution < 1.29 is 19.5 Å². The molecular weight excluding hydrogens is 378 g/mol. The first kappa shape index (κ1) is 20.0. The van der Waals surface area contributed by atoms with Gasteiger partial charge in [-0.2, -0.15) is 4.98 Å². The molecule has 0 saturated heterocycles. The Kier molecular flexibility index (Phi) is 6.56. The predicted octanol–water partition coefficient (Wildman–Crippen LogP) is 3.17. The van der Waals surface area contributed by atoms with Gasteiger partial charge in [0.2, 0.25) is 0 Å². The second-order valence-corrected chi connectivity index (χ2v) is 5.48. The number of hydrogen-bond acceptors (Lipinski definition) is 7. The summed E-state index contributed by atoms with van der Waals surface area (Å²) in [6.45, 7) is 6.02. The third-order valence-corrected chi connectivity index (χ3v) is 3.47. The van der Waals surface area contributed by atoms with E-state index in [1.54, 1.807) is 18.2 Å². The number of halogens is 1. The van der Waals surface area contributed by atoms with Gasteiger partial charge in [0, 0.05) is 0 Å². The summed E-state index contributed by atoms with van der Waals surface area (Å²) >= 11 is 6.23. The number of rotatable bonds is 8. The van der Waals surface area contributed by atoms with Crippen LogP contribution < -0.4 is 15.0 Å². The van der Waals surface area contributed by atoms with Crippen molar-refractivity contribution in [2.24, 2.45) is 0 Å². The van der Waals surface area contributed by atoms with Crippen LogP contribution in [0.1, 0.15) is 18.3 Å². The summed E-state index contributed by atoms with van der Waals surface area (Å²) in [6, 6.07) is 3.26. The van der Waals surface area contributed by atoms with Crippen molar-refractivity contribution >= 4 is 29.4 Å². The summed E-state index contributed by atoms with van der Waals surface area (Å²) in [5.41, 5.74) is -1.49. The highest BCUT2D eigenvalue weighted by Crippen LogP contribution is 2.37. The molecule has 0 aliphatic rings. The molecule has 0 saturated carbocycles. The number of aromatic nitrogens is 2. The molecule has 0 bridgehead atoms. The largest absolute Gasteiger partial charge is 0.490 e. The molecule has 2 rings (SSSR count). The Hall–Kier alpha value is -3.33. The van der Waals surface area contributed by atoms with Crippen molar-refractivity contribution in [3.05, 3.63) is 61.7 Å². The number of benzene rings is 1. The van der Waals surface area contributed by atoms with Crippen LogP contribution in [0.2, 0.25) is 5.02 Å². The van der Waals surface area contributed by atoms with Crippen LogP contribution in [-0.4, -0.2) is 33.2 Å². The van der Waals surface area contributed by atoms with E-state index in [1.807, 2.05) is 6.92 Å². The number of nitrogens with one attached hydrogen (secondary N) is 1. The Morgan fingerprint density at radius 1 is 1.41 bits per heavy atom. The van der Waals surface area contributed by atoms with Gasteiger partial charge in [0.25, 0.3) is 5.88 Å². The Balaban J connectivity index is 2.38. The van der Waals surface area contributed by atoms with Crippen LogP contribution >= 0.6 is 11.6 Å². The number of nitrogens with zero attached hydrogens (tertiary/aromatic N) is 2. The number of hydrogen-bond donors (Lipinski definition) is 2. The molecule has 0 amide bonds. The lowest BCUT2D eigenvalue weighted by Gasteiger charge is -2.13. The van der Waals surface area contributed by atoms with Crippen molar-refractivity contribution in [2.45, 2.75) is 6.92 Å². The van der Waals surface area contributed by atoms with Gasteiger partial charge in [-0.15, -0.1) is 0 Å². The zero-order valence-electron chi connectivity index (χ0n) is 14.3. The molecule has 0 aliphatic carbocycles. The van der Waals surface area contributed by atoms with E-state index in [4.69, 9.17) is 21.1 Å². The first-order chi connectivity index (χ1) is 12.9. The zero-order chi connectivity index (χ0) is 20.0. The predicted molar refractivity (Wildman–Crippen MR) is 100 cm³/mol. The fourth-order valence-electron chi connectivity index (χ4n) is 2.12. The van der Waals surface area contributed by atoms with Crippen LogP contribution in [-0.2, 0) is 0 Å². The number of nitro groups is 1. The quantitative estimate of drug-likeness (QED) is 0.400. The Morgan fingerprint density at radius 2 is 2.15 bits per heavy atom. The number of ether oxygens (including phenoxy) is 2. The van der Waals surface area contributed by atoms with Gasteiger partial charge in [-0.3, -0.25) is 14.9 Å². The molecule has 0 radical (unpaired) electrons. The lowest BCUT2D eigenvalue weighted by molar-refractivity contribution is -0.387. The van der Waals surface area contributed by atoms with E-state index in [0.29, 0.717) is 28.7 Å². The Bertz CT molecular complexity index is 954. The van der Waals surface area contributed by atoms with Crippen LogP contribution in [0.4, 0.5) is 5.69 Å². The average Bonchev–Trinajstić information content (AvgIpc) is 2.58. The van der Waals surface area contributed by atoms with E-state index < -0.39 is 22.0 Å². The highest BCUT2D eigenvalue weighted by atomic mass is 35.5. The summed E-state index contributed by atoms with van der Waals surface area (Å²) in [7, 11) is 0. The minimum atomic E-state index is -1.06. The van der Waals surface area contributed by atoms with Gasteiger partial charge in [-0.05, 0) is 30.7 Å². The van der Waals surface area contributed by atoms with Gasteiger partial charge < -0.3 is 19.6 Å². The molecule has 1 aromatic heterocycles. The Labute approximate surface area is 158 Å². The maximum Gasteiger partial charge on any atom is 0.395 e. The van der Waals surface area contributed by atoms with Crippen LogP contribution in [0, 0.1) is 10.1 Å². The standard InChI is InChI=1S/C17H16ClN3O6/c1-3-7-27-15-11(18)8-10(9-12(15)26-4-2)5-6-13-19-16(22)14(21(24)25)17(23)20-13/h3,5-6,8-9H,1,4,7H2,2H3,(H2,19,20,22,23)/b6-5-. The minimum absolute atomic E-state index is 0.0656. The summed E-state index contributed by atoms with van der Waals surface area (Å²) in [5, 5.41) is 20.5.